The van der Waals surface area contributed by atoms with E-state index in [0.29, 0.717) is 12.5 Å². The number of hydrogen-bond acceptors (Lipinski definition) is 2. The monoisotopic (exact) mass is 285 g/mol. The lowest BCUT2D eigenvalue weighted by atomic mass is 9.83. The lowest BCUT2D eigenvalue weighted by Gasteiger charge is -2.41. The zero-order chi connectivity index (χ0) is 14.8. The summed E-state index contributed by atoms with van der Waals surface area (Å²) in [6, 6.07) is 10.3. The van der Waals surface area contributed by atoms with Crippen molar-refractivity contribution in [2.75, 3.05) is 6.61 Å². The van der Waals surface area contributed by atoms with Crippen molar-refractivity contribution in [3.05, 3.63) is 48.6 Å². The molecule has 4 atom stereocenters. The number of allylic oxidation sites excluding steroid dienone is 1. The first-order valence-electron chi connectivity index (χ1n) is 7.85. The van der Waals surface area contributed by atoms with Gasteiger partial charge in [0, 0.05) is 11.8 Å². The first kappa shape index (κ1) is 14.3. The van der Waals surface area contributed by atoms with E-state index in [-0.39, 0.29) is 24.1 Å². The lowest BCUT2D eigenvalue weighted by molar-refractivity contribution is -0.154. The van der Waals surface area contributed by atoms with Crippen molar-refractivity contribution in [1.82, 2.24) is 4.90 Å². The van der Waals surface area contributed by atoms with Crippen LogP contribution >= 0.6 is 0 Å². The molecule has 0 spiro atoms. The Bertz CT molecular complexity index is 513. The predicted octanol–water partition coefficient (Wildman–Crippen LogP) is 3.53. The van der Waals surface area contributed by atoms with Crippen molar-refractivity contribution in [3.8, 4) is 0 Å². The van der Waals surface area contributed by atoms with Crippen LogP contribution in [0.3, 0.4) is 0 Å². The molecule has 3 heteroatoms. The smallest absolute Gasteiger partial charge is 0.228 e. The molecule has 0 unspecified atom stereocenters. The number of ether oxygens (including phenoxy) is 1. The predicted molar refractivity (Wildman–Crippen MR) is 82.5 cm³/mol. The molecule has 2 heterocycles. The van der Waals surface area contributed by atoms with Gasteiger partial charge in [-0.25, -0.2) is 0 Å². The van der Waals surface area contributed by atoms with Gasteiger partial charge in [-0.3, -0.25) is 4.79 Å². The van der Waals surface area contributed by atoms with Gasteiger partial charge in [-0.2, -0.15) is 0 Å². The molecule has 3 rings (SSSR count). The topological polar surface area (TPSA) is 29.5 Å². The number of fused-ring (bicyclic) bond motifs is 1. The molecule has 0 bridgehead atoms. The maximum absolute atomic E-state index is 12.8. The lowest BCUT2D eigenvalue weighted by Crippen LogP contribution is -2.50. The van der Waals surface area contributed by atoms with Crippen LogP contribution in [0.2, 0.25) is 0 Å². The molecule has 2 saturated heterocycles. The molecule has 1 aromatic carbocycles. The van der Waals surface area contributed by atoms with E-state index in [1.807, 2.05) is 29.2 Å². The number of carbonyl (C=O) groups is 1. The Balaban J connectivity index is 1.90. The maximum Gasteiger partial charge on any atom is 0.228 e. The number of benzene rings is 1. The largest absolute Gasteiger partial charge is 0.355 e. The van der Waals surface area contributed by atoms with E-state index >= 15 is 0 Å². The van der Waals surface area contributed by atoms with Crippen molar-refractivity contribution in [2.45, 2.75) is 38.5 Å². The fourth-order valence-corrected chi connectivity index (χ4v) is 3.66. The van der Waals surface area contributed by atoms with Gasteiger partial charge in [0.1, 0.15) is 6.23 Å². The van der Waals surface area contributed by atoms with Crippen molar-refractivity contribution in [2.24, 2.45) is 11.8 Å². The van der Waals surface area contributed by atoms with Crippen molar-refractivity contribution in [1.29, 1.82) is 0 Å². The van der Waals surface area contributed by atoms with E-state index in [9.17, 15) is 4.79 Å². The third kappa shape index (κ3) is 2.51. The van der Waals surface area contributed by atoms with Crippen LogP contribution < -0.4 is 0 Å². The average molecular weight is 285 g/mol. The minimum atomic E-state index is -0.0474. The van der Waals surface area contributed by atoms with Gasteiger partial charge in [0.15, 0.2) is 0 Å². The van der Waals surface area contributed by atoms with Crippen LogP contribution in [0.1, 0.15) is 37.8 Å². The minimum absolute atomic E-state index is 0.0474. The van der Waals surface area contributed by atoms with E-state index in [4.69, 9.17) is 4.74 Å². The highest BCUT2D eigenvalue weighted by molar-refractivity contribution is 5.81. The third-order valence-electron chi connectivity index (χ3n) is 4.79. The van der Waals surface area contributed by atoms with Crippen molar-refractivity contribution < 1.29 is 9.53 Å². The Hall–Kier alpha value is -1.61. The standard InChI is InChI=1S/C18H23NO2/c1-3-8-15-11-13(4-2)18-19(17(15)20)16(12-21-18)14-9-6-5-7-10-14/h3,5-7,9-10,13,15-16,18H,1,4,8,11-12H2,2H3/t13-,15+,16-,18+/m0/s1. The maximum atomic E-state index is 12.8. The average Bonchev–Trinajstić information content (AvgIpc) is 2.96. The molecule has 0 aromatic heterocycles. The van der Waals surface area contributed by atoms with Crippen LogP contribution in [0.25, 0.3) is 0 Å². The van der Waals surface area contributed by atoms with Crippen LogP contribution in [0.4, 0.5) is 0 Å². The fourth-order valence-electron chi connectivity index (χ4n) is 3.66. The summed E-state index contributed by atoms with van der Waals surface area (Å²) in [7, 11) is 0. The molecule has 0 radical (unpaired) electrons. The van der Waals surface area contributed by atoms with Gasteiger partial charge >= 0.3 is 0 Å². The van der Waals surface area contributed by atoms with Crippen LogP contribution in [0.15, 0.2) is 43.0 Å². The third-order valence-corrected chi connectivity index (χ3v) is 4.79. The summed E-state index contributed by atoms with van der Waals surface area (Å²) in [6.45, 7) is 6.59. The SMILES string of the molecule is C=CC[C@@H]1C[C@H](CC)[C@H]2OC[C@@H](c3ccccc3)N2C1=O. The first-order valence-corrected chi connectivity index (χ1v) is 7.85. The molecule has 112 valence electrons. The van der Waals surface area contributed by atoms with Crippen LogP contribution in [0, 0.1) is 11.8 Å². The van der Waals surface area contributed by atoms with E-state index in [1.54, 1.807) is 0 Å². The van der Waals surface area contributed by atoms with E-state index < -0.39 is 0 Å². The second kappa shape index (κ2) is 6.02. The highest BCUT2D eigenvalue weighted by atomic mass is 16.5. The minimum Gasteiger partial charge on any atom is -0.355 e. The molecular weight excluding hydrogens is 262 g/mol. The molecule has 2 aliphatic rings. The second-order valence-electron chi connectivity index (χ2n) is 6.02. The molecule has 1 aromatic rings. The Morgan fingerprint density at radius 2 is 2.14 bits per heavy atom. The summed E-state index contributed by atoms with van der Waals surface area (Å²) in [5.41, 5.74) is 1.17. The molecule has 3 nitrogen and oxygen atoms in total. The molecule has 0 aliphatic carbocycles. The summed E-state index contributed by atoms with van der Waals surface area (Å²) >= 11 is 0. The fraction of sp³-hybridized carbons (Fsp3) is 0.500. The molecule has 0 saturated carbocycles. The van der Waals surface area contributed by atoms with Crippen molar-refractivity contribution in [3.63, 3.8) is 0 Å². The van der Waals surface area contributed by atoms with Crippen LogP contribution in [-0.4, -0.2) is 23.6 Å². The molecule has 2 aliphatic heterocycles. The van der Waals surface area contributed by atoms with Crippen molar-refractivity contribution >= 4 is 5.91 Å². The number of piperidine rings is 1. The summed E-state index contributed by atoms with van der Waals surface area (Å²) in [5, 5.41) is 0. The van der Waals surface area contributed by atoms with Gasteiger partial charge in [0.2, 0.25) is 5.91 Å². The van der Waals surface area contributed by atoms with Crippen LogP contribution in [-0.2, 0) is 9.53 Å². The normalized spacial score (nSPS) is 32.0. The molecule has 21 heavy (non-hydrogen) atoms. The summed E-state index contributed by atoms with van der Waals surface area (Å²) in [5.74, 6) is 0.730. The van der Waals surface area contributed by atoms with Gasteiger partial charge in [-0.15, -0.1) is 6.58 Å². The Morgan fingerprint density at radius 3 is 2.81 bits per heavy atom. The molecule has 0 N–H and O–H groups in total. The van der Waals surface area contributed by atoms with E-state index in [2.05, 4.69) is 25.6 Å². The van der Waals surface area contributed by atoms with Gasteiger partial charge in [0.25, 0.3) is 0 Å². The zero-order valence-corrected chi connectivity index (χ0v) is 12.6. The highest BCUT2D eigenvalue weighted by Gasteiger charge is 2.48. The number of rotatable bonds is 4. The zero-order valence-electron chi connectivity index (χ0n) is 12.6. The van der Waals surface area contributed by atoms with E-state index in [0.717, 1.165) is 19.3 Å². The molecule has 1 amide bonds. The Morgan fingerprint density at radius 1 is 1.38 bits per heavy atom. The number of hydrogen-bond donors (Lipinski definition) is 0. The molecular formula is C18H23NO2. The van der Waals surface area contributed by atoms with Gasteiger partial charge < -0.3 is 9.64 Å². The van der Waals surface area contributed by atoms with Gasteiger partial charge in [-0.05, 0) is 24.8 Å². The first-order chi connectivity index (χ1) is 10.3. The number of amides is 1. The Kier molecular flexibility index (Phi) is 4.11. The van der Waals surface area contributed by atoms with E-state index in [1.165, 1.54) is 5.56 Å². The van der Waals surface area contributed by atoms with Crippen LogP contribution in [0.5, 0.6) is 0 Å². The Labute approximate surface area is 126 Å². The summed E-state index contributed by atoms with van der Waals surface area (Å²) in [4.78, 5) is 14.8. The second-order valence-corrected chi connectivity index (χ2v) is 6.02. The molecule has 2 fully saturated rings. The summed E-state index contributed by atoms with van der Waals surface area (Å²) < 4.78 is 6.00. The van der Waals surface area contributed by atoms with Gasteiger partial charge in [0.05, 0.1) is 12.6 Å². The quantitative estimate of drug-likeness (QED) is 0.792. The van der Waals surface area contributed by atoms with Gasteiger partial charge in [-0.1, -0.05) is 43.3 Å². The highest BCUT2D eigenvalue weighted by Crippen LogP contribution is 2.42. The summed E-state index contributed by atoms with van der Waals surface area (Å²) in [6.07, 6.45) is 4.55. The number of nitrogens with zero attached hydrogens (tertiary/aromatic N) is 1. The number of carbonyl (C=O) groups excluding carboxylic acids is 1.